The average Bonchev–Trinajstić information content (AvgIpc) is 2.48. The minimum absolute atomic E-state index is 0.0844. The van der Waals surface area contributed by atoms with Crippen LogP contribution in [0.1, 0.15) is 32.8 Å². The third-order valence-electron chi connectivity index (χ3n) is 3.60. The molecule has 0 aliphatic carbocycles. The van der Waals surface area contributed by atoms with Gasteiger partial charge in [0.1, 0.15) is 6.04 Å². The first-order valence-corrected chi connectivity index (χ1v) is 7.33. The Morgan fingerprint density at radius 1 is 1.24 bits per heavy atom. The van der Waals surface area contributed by atoms with Crippen LogP contribution in [0.5, 0.6) is 0 Å². The van der Waals surface area contributed by atoms with Crippen molar-refractivity contribution in [1.29, 1.82) is 0 Å². The van der Waals surface area contributed by atoms with Crippen molar-refractivity contribution in [2.45, 2.75) is 45.7 Å². The molecule has 1 aromatic carbocycles. The minimum atomic E-state index is -1.02. The highest BCUT2D eigenvalue weighted by Crippen LogP contribution is 2.07. The molecule has 0 aliphatic rings. The molecule has 5 nitrogen and oxygen atoms in total. The number of carbonyl (C=O) groups is 2. The van der Waals surface area contributed by atoms with E-state index in [1.54, 1.807) is 4.90 Å². The van der Waals surface area contributed by atoms with Crippen molar-refractivity contribution in [2.24, 2.45) is 0 Å². The fourth-order valence-corrected chi connectivity index (χ4v) is 2.16. The van der Waals surface area contributed by atoms with Crippen LogP contribution in [0.4, 0.5) is 4.79 Å². The zero-order valence-corrected chi connectivity index (χ0v) is 12.9. The quantitative estimate of drug-likeness (QED) is 0.811. The molecule has 21 heavy (non-hydrogen) atoms. The highest BCUT2D eigenvalue weighted by Gasteiger charge is 2.24. The summed E-state index contributed by atoms with van der Waals surface area (Å²) in [5.41, 5.74) is 0.886. The van der Waals surface area contributed by atoms with Gasteiger partial charge >= 0.3 is 12.0 Å². The number of benzene rings is 1. The average molecular weight is 292 g/mol. The van der Waals surface area contributed by atoms with Crippen molar-refractivity contribution < 1.29 is 14.7 Å². The summed E-state index contributed by atoms with van der Waals surface area (Å²) < 4.78 is 0. The van der Waals surface area contributed by atoms with Gasteiger partial charge in [-0.2, -0.15) is 0 Å². The predicted molar refractivity (Wildman–Crippen MR) is 82.2 cm³/mol. The van der Waals surface area contributed by atoms with Gasteiger partial charge in [0.25, 0.3) is 0 Å². The summed E-state index contributed by atoms with van der Waals surface area (Å²) in [5.74, 6) is -1.02. The van der Waals surface area contributed by atoms with Gasteiger partial charge in [-0.1, -0.05) is 37.3 Å². The number of nitrogens with zero attached hydrogens (tertiary/aromatic N) is 1. The molecule has 0 radical (unpaired) electrons. The highest BCUT2D eigenvalue weighted by molar-refractivity contribution is 5.83. The second-order valence-corrected chi connectivity index (χ2v) is 5.07. The van der Waals surface area contributed by atoms with Gasteiger partial charge in [-0.25, -0.2) is 9.59 Å². The molecular weight excluding hydrogens is 268 g/mol. The summed E-state index contributed by atoms with van der Waals surface area (Å²) in [4.78, 5) is 25.2. The van der Waals surface area contributed by atoms with Gasteiger partial charge in [-0.3, -0.25) is 0 Å². The van der Waals surface area contributed by atoms with Crippen molar-refractivity contribution in [2.75, 3.05) is 6.54 Å². The Morgan fingerprint density at radius 3 is 2.33 bits per heavy atom. The molecule has 5 heteroatoms. The van der Waals surface area contributed by atoms with E-state index in [0.717, 1.165) is 12.0 Å². The molecule has 1 rings (SSSR count). The minimum Gasteiger partial charge on any atom is -0.480 e. The lowest BCUT2D eigenvalue weighted by Gasteiger charge is -2.29. The second kappa shape index (κ2) is 8.29. The number of hydrogen-bond acceptors (Lipinski definition) is 2. The predicted octanol–water partition coefficient (Wildman–Crippen LogP) is 2.51. The van der Waals surface area contributed by atoms with Crippen LogP contribution in [0.25, 0.3) is 0 Å². The van der Waals surface area contributed by atoms with E-state index in [1.165, 1.54) is 0 Å². The van der Waals surface area contributed by atoms with Crippen molar-refractivity contribution in [1.82, 2.24) is 10.2 Å². The van der Waals surface area contributed by atoms with Crippen LogP contribution in [0.3, 0.4) is 0 Å². The topological polar surface area (TPSA) is 69.6 Å². The van der Waals surface area contributed by atoms with Gasteiger partial charge in [0.15, 0.2) is 0 Å². The summed E-state index contributed by atoms with van der Waals surface area (Å²) in [5, 5.41) is 11.9. The van der Waals surface area contributed by atoms with Gasteiger partial charge in [0, 0.05) is 19.0 Å². The molecule has 0 spiro atoms. The van der Waals surface area contributed by atoms with E-state index in [1.807, 2.05) is 51.1 Å². The molecule has 0 aromatic heterocycles. The van der Waals surface area contributed by atoms with E-state index < -0.39 is 12.0 Å². The Bertz CT molecular complexity index is 462. The fraction of sp³-hybridized carbons (Fsp3) is 0.500. The summed E-state index contributed by atoms with van der Waals surface area (Å²) >= 11 is 0. The van der Waals surface area contributed by atoms with Crippen LogP contribution in [-0.4, -0.2) is 40.6 Å². The molecule has 0 saturated carbocycles. The van der Waals surface area contributed by atoms with Crippen LogP contribution in [0.2, 0.25) is 0 Å². The van der Waals surface area contributed by atoms with Crippen LogP contribution in [-0.2, 0) is 11.2 Å². The number of carboxylic acid groups (broad SMARTS) is 1. The van der Waals surface area contributed by atoms with E-state index in [9.17, 15) is 14.7 Å². The second-order valence-electron chi connectivity index (χ2n) is 5.07. The Labute approximate surface area is 126 Å². The molecule has 116 valence electrons. The molecule has 2 N–H and O–H groups in total. The number of aliphatic carboxylic acids is 1. The molecule has 0 aliphatic heterocycles. The number of amides is 2. The van der Waals surface area contributed by atoms with E-state index in [-0.39, 0.29) is 18.5 Å². The number of rotatable bonds is 7. The normalized spacial score (nSPS) is 13.3. The lowest BCUT2D eigenvalue weighted by molar-refractivity contribution is -0.139. The van der Waals surface area contributed by atoms with Crippen LogP contribution in [0.15, 0.2) is 30.3 Å². The van der Waals surface area contributed by atoms with Crippen LogP contribution in [0, 0.1) is 0 Å². The summed E-state index contributed by atoms with van der Waals surface area (Å²) in [7, 11) is 0. The molecule has 1 unspecified atom stereocenters. The Hall–Kier alpha value is -2.04. The molecule has 0 saturated heterocycles. The largest absolute Gasteiger partial charge is 0.480 e. The zero-order valence-electron chi connectivity index (χ0n) is 12.9. The molecule has 0 bridgehead atoms. The fourth-order valence-electron chi connectivity index (χ4n) is 2.16. The number of urea groups is 1. The van der Waals surface area contributed by atoms with Gasteiger partial charge in [-0.15, -0.1) is 0 Å². The number of hydrogen-bond donors (Lipinski definition) is 2. The first-order chi connectivity index (χ1) is 9.99. The van der Waals surface area contributed by atoms with Crippen molar-refractivity contribution in [3.63, 3.8) is 0 Å². The maximum Gasteiger partial charge on any atom is 0.326 e. The smallest absolute Gasteiger partial charge is 0.326 e. The Morgan fingerprint density at radius 2 is 1.86 bits per heavy atom. The van der Waals surface area contributed by atoms with E-state index in [4.69, 9.17) is 0 Å². The van der Waals surface area contributed by atoms with E-state index in [2.05, 4.69) is 5.32 Å². The van der Waals surface area contributed by atoms with Crippen LogP contribution < -0.4 is 5.32 Å². The molecular formula is C16H24N2O3. The molecule has 0 fully saturated rings. The highest BCUT2D eigenvalue weighted by atomic mass is 16.4. The van der Waals surface area contributed by atoms with Crippen molar-refractivity contribution in [3.05, 3.63) is 35.9 Å². The molecule has 0 heterocycles. The third kappa shape index (κ3) is 5.10. The summed E-state index contributed by atoms with van der Waals surface area (Å²) in [6.45, 7) is 6.40. The third-order valence-corrected chi connectivity index (χ3v) is 3.60. The SMILES string of the molecule is CCC(C)N(CC)C(=O)N[C@@H](Cc1ccccc1)C(=O)O. The molecule has 1 aromatic rings. The van der Waals surface area contributed by atoms with E-state index in [0.29, 0.717) is 6.54 Å². The number of carbonyl (C=O) groups excluding carboxylic acids is 1. The van der Waals surface area contributed by atoms with Gasteiger partial charge in [0.05, 0.1) is 0 Å². The summed E-state index contributed by atoms with van der Waals surface area (Å²) in [6.07, 6.45) is 1.11. The first kappa shape index (κ1) is 17.0. The maximum atomic E-state index is 12.2. The number of nitrogens with one attached hydrogen (secondary N) is 1. The standard InChI is InChI=1S/C16H24N2O3/c1-4-12(3)18(5-2)16(21)17-14(15(19)20)11-13-9-7-6-8-10-13/h6-10,12,14H,4-5,11H2,1-3H3,(H,17,21)(H,19,20)/t12?,14-/m0/s1. The Kier molecular flexibility index (Phi) is 6.72. The summed E-state index contributed by atoms with van der Waals surface area (Å²) in [6, 6.07) is 8.14. The zero-order chi connectivity index (χ0) is 15.8. The van der Waals surface area contributed by atoms with Gasteiger partial charge in [0.2, 0.25) is 0 Å². The first-order valence-electron chi connectivity index (χ1n) is 7.33. The molecule has 2 amide bonds. The monoisotopic (exact) mass is 292 g/mol. The van der Waals surface area contributed by atoms with Gasteiger partial charge < -0.3 is 15.3 Å². The van der Waals surface area contributed by atoms with Crippen LogP contribution >= 0.6 is 0 Å². The molecule has 2 atom stereocenters. The van der Waals surface area contributed by atoms with Crippen molar-refractivity contribution in [3.8, 4) is 0 Å². The maximum absolute atomic E-state index is 12.2. The lowest BCUT2D eigenvalue weighted by atomic mass is 10.1. The van der Waals surface area contributed by atoms with E-state index >= 15 is 0 Å². The lowest BCUT2D eigenvalue weighted by Crippen LogP contribution is -2.51. The van der Waals surface area contributed by atoms with Crippen molar-refractivity contribution >= 4 is 12.0 Å². The Balaban J connectivity index is 2.74. The number of carboxylic acids is 1. The van der Waals surface area contributed by atoms with Gasteiger partial charge in [-0.05, 0) is 25.8 Å².